The summed E-state index contributed by atoms with van der Waals surface area (Å²) in [6.45, 7) is 1.67. The minimum atomic E-state index is -0.498. The average Bonchev–Trinajstić information content (AvgIpc) is 2.20. The van der Waals surface area contributed by atoms with Gasteiger partial charge in [-0.3, -0.25) is 14.9 Å². The third kappa shape index (κ3) is 1.85. The number of carbonyl (C=O) groups is 1. The highest BCUT2D eigenvalue weighted by Crippen LogP contribution is 2.23. The lowest BCUT2D eigenvalue weighted by atomic mass is 10.1. The summed E-state index contributed by atoms with van der Waals surface area (Å²) in [5.74, 6) is 0. The Morgan fingerprint density at radius 3 is 2.57 bits per heavy atom. The predicted molar refractivity (Wildman–Crippen MR) is 52.8 cm³/mol. The summed E-state index contributed by atoms with van der Waals surface area (Å²) < 4.78 is 0. The quantitative estimate of drug-likeness (QED) is 0.318. The number of hydrogen-bond acceptors (Lipinski definition) is 3. The van der Waals surface area contributed by atoms with Crippen LogP contribution < -0.4 is 0 Å². The summed E-state index contributed by atoms with van der Waals surface area (Å²) in [5.41, 5.74) is 0.639. The van der Waals surface area contributed by atoms with Gasteiger partial charge in [0.25, 0.3) is 5.69 Å². The lowest BCUT2D eigenvalue weighted by molar-refractivity contribution is -0.385. The van der Waals surface area contributed by atoms with Crippen molar-refractivity contribution >= 4 is 17.5 Å². The first-order valence-corrected chi connectivity index (χ1v) is 4.06. The zero-order valence-corrected chi connectivity index (χ0v) is 7.64. The van der Waals surface area contributed by atoms with Crippen LogP contribution in [0.2, 0.25) is 0 Å². The first kappa shape index (κ1) is 10.1. The number of nitro groups is 1. The van der Waals surface area contributed by atoms with E-state index in [1.54, 1.807) is 31.2 Å². The van der Waals surface area contributed by atoms with E-state index in [1.165, 1.54) is 6.07 Å². The van der Waals surface area contributed by atoms with Gasteiger partial charge in [0.1, 0.15) is 0 Å². The first-order chi connectivity index (χ1) is 6.70. The van der Waals surface area contributed by atoms with Crippen molar-refractivity contribution < 1.29 is 9.72 Å². The molecule has 14 heavy (non-hydrogen) atoms. The largest absolute Gasteiger partial charge is 0.298 e. The maximum atomic E-state index is 10.6. The van der Waals surface area contributed by atoms with Gasteiger partial charge >= 0.3 is 0 Å². The van der Waals surface area contributed by atoms with E-state index in [9.17, 15) is 14.9 Å². The highest BCUT2D eigenvalue weighted by molar-refractivity contribution is 6.08. The second-order valence-corrected chi connectivity index (χ2v) is 2.64. The molecular formula is C10H9NO3. The second-order valence-electron chi connectivity index (χ2n) is 2.64. The molecular weight excluding hydrogens is 182 g/mol. The highest BCUT2D eigenvalue weighted by atomic mass is 16.6. The molecule has 0 unspecified atom stereocenters. The number of nitrogens with zero attached hydrogens (tertiary/aromatic N) is 1. The number of rotatable bonds is 3. The third-order valence-corrected chi connectivity index (χ3v) is 1.85. The van der Waals surface area contributed by atoms with Gasteiger partial charge in [-0.2, -0.15) is 0 Å². The van der Waals surface area contributed by atoms with E-state index < -0.39 is 4.92 Å². The summed E-state index contributed by atoms with van der Waals surface area (Å²) in [4.78, 5) is 20.7. The SMILES string of the molecule is CC=C(C=O)c1ccccc1[N+](=O)[O-]. The number of aldehydes is 1. The van der Waals surface area contributed by atoms with Gasteiger partial charge in [-0.15, -0.1) is 0 Å². The Bertz CT molecular complexity index is 396. The molecule has 0 saturated heterocycles. The van der Waals surface area contributed by atoms with E-state index in [0.29, 0.717) is 17.4 Å². The molecule has 0 aliphatic carbocycles. The molecule has 0 heterocycles. The summed E-state index contributed by atoms with van der Waals surface area (Å²) in [6, 6.07) is 6.17. The fourth-order valence-corrected chi connectivity index (χ4v) is 1.16. The number of hydrogen-bond donors (Lipinski definition) is 0. The van der Waals surface area contributed by atoms with Crippen LogP contribution in [-0.4, -0.2) is 11.2 Å². The van der Waals surface area contributed by atoms with E-state index in [1.807, 2.05) is 0 Å². The number of para-hydroxylation sites is 1. The fourth-order valence-electron chi connectivity index (χ4n) is 1.16. The van der Waals surface area contributed by atoms with Crippen molar-refractivity contribution in [2.45, 2.75) is 6.92 Å². The minimum Gasteiger partial charge on any atom is -0.298 e. The Morgan fingerprint density at radius 2 is 2.07 bits per heavy atom. The number of allylic oxidation sites excluding steroid dienone is 2. The predicted octanol–water partition coefficient (Wildman–Crippen LogP) is 2.20. The van der Waals surface area contributed by atoms with Crippen molar-refractivity contribution in [2.75, 3.05) is 0 Å². The van der Waals surface area contributed by atoms with Crippen molar-refractivity contribution in [3.05, 3.63) is 46.0 Å². The molecule has 0 bridgehead atoms. The molecule has 0 aromatic heterocycles. The van der Waals surface area contributed by atoms with Crippen LogP contribution in [0, 0.1) is 10.1 Å². The van der Waals surface area contributed by atoms with Gasteiger partial charge < -0.3 is 0 Å². The monoisotopic (exact) mass is 191 g/mol. The molecule has 0 amide bonds. The molecule has 4 heteroatoms. The molecule has 0 aliphatic heterocycles. The summed E-state index contributed by atoms with van der Waals surface area (Å²) in [7, 11) is 0. The number of benzene rings is 1. The molecule has 4 nitrogen and oxygen atoms in total. The Morgan fingerprint density at radius 1 is 1.43 bits per heavy atom. The van der Waals surface area contributed by atoms with E-state index in [2.05, 4.69) is 0 Å². The molecule has 1 aromatic carbocycles. The standard InChI is InChI=1S/C10H9NO3/c1-2-8(7-12)9-5-3-4-6-10(9)11(13)14/h2-7H,1H3. The van der Waals surface area contributed by atoms with Crippen LogP contribution in [0.1, 0.15) is 12.5 Å². The summed E-state index contributed by atoms with van der Waals surface area (Å²) >= 11 is 0. The zero-order chi connectivity index (χ0) is 10.6. The summed E-state index contributed by atoms with van der Waals surface area (Å²) in [6.07, 6.45) is 2.16. The maximum Gasteiger partial charge on any atom is 0.277 e. The third-order valence-electron chi connectivity index (χ3n) is 1.85. The minimum absolute atomic E-state index is 0.0484. The van der Waals surface area contributed by atoms with Crippen LogP contribution in [0.25, 0.3) is 5.57 Å². The zero-order valence-electron chi connectivity index (χ0n) is 7.64. The van der Waals surface area contributed by atoms with Crippen molar-refractivity contribution in [1.29, 1.82) is 0 Å². The molecule has 0 aliphatic rings. The van der Waals surface area contributed by atoms with Gasteiger partial charge in [-0.25, -0.2) is 0 Å². The Balaban J connectivity index is 3.33. The van der Waals surface area contributed by atoms with Crippen LogP contribution in [-0.2, 0) is 4.79 Å². The van der Waals surface area contributed by atoms with E-state index in [4.69, 9.17) is 0 Å². The van der Waals surface area contributed by atoms with Crippen LogP contribution in [0.4, 0.5) is 5.69 Å². The molecule has 0 saturated carbocycles. The van der Waals surface area contributed by atoms with Crippen molar-refractivity contribution in [3.63, 3.8) is 0 Å². The Kier molecular flexibility index (Phi) is 3.12. The van der Waals surface area contributed by atoms with Gasteiger partial charge in [0, 0.05) is 11.6 Å². The van der Waals surface area contributed by atoms with Gasteiger partial charge in [-0.1, -0.05) is 18.2 Å². The Labute approximate surface area is 81.0 Å². The van der Waals surface area contributed by atoms with E-state index in [-0.39, 0.29) is 5.69 Å². The van der Waals surface area contributed by atoms with Crippen LogP contribution >= 0.6 is 0 Å². The molecule has 0 radical (unpaired) electrons. The van der Waals surface area contributed by atoms with Gasteiger partial charge in [0.05, 0.1) is 10.5 Å². The molecule has 0 spiro atoms. The van der Waals surface area contributed by atoms with Crippen molar-refractivity contribution in [3.8, 4) is 0 Å². The van der Waals surface area contributed by atoms with Gasteiger partial charge in [0.15, 0.2) is 6.29 Å². The first-order valence-electron chi connectivity index (χ1n) is 4.06. The molecule has 0 N–H and O–H groups in total. The number of nitro benzene ring substituents is 1. The molecule has 72 valence electrons. The average molecular weight is 191 g/mol. The Hall–Kier alpha value is -1.97. The van der Waals surface area contributed by atoms with E-state index in [0.717, 1.165) is 0 Å². The molecule has 0 atom stereocenters. The lowest BCUT2D eigenvalue weighted by Crippen LogP contribution is -1.95. The number of carbonyl (C=O) groups excluding carboxylic acids is 1. The van der Waals surface area contributed by atoms with Gasteiger partial charge in [-0.05, 0) is 13.0 Å². The summed E-state index contributed by atoms with van der Waals surface area (Å²) in [5, 5.41) is 10.6. The van der Waals surface area contributed by atoms with Crippen molar-refractivity contribution in [2.24, 2.45) is 0 Å². The smallest absolute Gasteiger partial charge is 0.277 e. The van der Waals surface area contributed by atoms with Gasteiger partial charge in [0.2, 0.25) is 0 Å². The normalized spacial score (nSPS) is 11.1. The maximum absolute atomic E-state index is 10.6. The highest BCUT2D eigenvalue weighted by Gasteiger charge is 2.14. The second kappa shape index (κ2) is 4.32. The van der Waals surface area contributed by atoms with Crippen LogP contribution in [0.5, 0.6) is 0 Å². The van der Waals surface area contributed by atoms with Crippen LogP contribution in [0.15, 0.2) is 30.3 Å². The van der Waals surface area contributed by atoms with Crippen LogP contribution in [0.3, 0.4) is 0 Å². The molecule has 1 aromatic rings. The molecule has 1 rings (SSSR count). The lowest BCUT2D eigenvalue weighted by Gasteiger charge is -2.00. The molecule has 0 fully saturated rings. The topological polar surface area (TPSA) is 60.2 Å². The van der Waals surface area contributed by atoms with E-state index >= 15 is 0 Å². The van der Waals surface area contributed by atoms with Crippen molar-refractivity contribution in [1.82, 2.24) is 0 Å². The fraction of sp³-hybridized carbons (Fsp3) is 0.100.